The Morgan fingerprint density at radius 3 is 2.55 bits per heavy atom. The maximum Gasteiger partial charge on any atom is 0.324 e. The Morgan fingerprint density at radius 2 is 1.76 bits per heavy atom. The van der Waals surface area contributed by atoms with Crippen LogP contribution in [0.5, 0.6) is 17.2 Å². The molecule has 3 aromatic carbocycles. The van der Waals surface area contributed by atoms with Gasteiger partial charge in [-0.15, -0.1) is 10.2 Å². The lowest BCUT2D eigenvalue weighted by Gasteiger charge is -2.28. The number of para-hydroxylation sites is 1. The molecule has 2 aromatic heterocycles. The number of phenols is 1. The van der Waals surface area contributed by atoms with Crippen molar-refractivity contribution in [2.45, 2.75) is 58.5 Å². The van der Waals surface area contributed by atoms with Crippen molar-refractivity contribution in [2.24, 2.45) is 0 Å². The highest BCUT2D eigenvalue weighted by Crippen LogP contribution is 2.37. The SMILES string of the molecule is COc1ccccc1-c1nnc2n1CCN(C(=O)COc1ccc(NC(=O)Nc3cc(C(C)(C)C)nn3-c3ccc(O)c(Cl)c3)c3c1CCC3)C2. The number of aromatic hydroxyl groups is 1. The smallest absolute Gasteiger partial charge is 0.324 e. The number of nitrogens with zero attached hydrogens (tertiary/aromatic N) is 6. The van der Waals surface area contributed by atoms with Gasteiger partial charge in [-0.05, 0) is 72.9 Å². The number of amides is 3. The van der Waals surface area contributed by atoms with Crippen molar-refractivity contribution in [3.63, 3.8) is 0 Å². The van der Waals surface area contributed by atoms with Crippen LogP contribution < -0.4 is 20.1 Å². The Kier molecular flexibility index (Phi) is 9.06. The van der Waals surface area contributed by atoms with Gasteiger partial charge in [-0.1, -0.05) is 44.5 Å². The summed E-state index contributed by atoms with van der Waals surface area (Å²) in [7, 11) is 1.63. The monoisotopic (exact) mass is 710 g/mol. The molecule has 13 nitrogen and oxygen atoms in total. The molecule has 14 heteroatoms. The zero-order chi connectivity index (χ0) is 35.9. The number of aromatic nitrogens is 5. The Balaban J connectivity index is 1.02. The number of carbonyl (C=O) groups excluding carboxylic acids is 2. The highest BCUT2D eigenvalue weighted by molar-refractivity contribution is 6.32. The van der Waals surface area contributed by atoms with Gasteiger partial charge in [0.1, 0.15) is 23.1 Å². The zero-order valence-electron chi connectivity index (χ0n) is 28.9. The molecule has 51 heavy (non-hydrogen) atoms. The van der Waals surface area contributed by atoms with Gasteiger partial charge in [0.15, 0.2) is 18.3 Å². The van der Waals surface area contributed by atoms with Gasteiger partial charge in [-0.3, -0.25) is 10.1 Å². The molecule has 264 valence electrons. The summed E-state index contributed by atoms with van der Waals surface area (Å²) in [4.78, 5) is 28.4. The minimum atomic E-state index is -0.439. The van der Waals surface area contributed by atoms with E-state index >= 15 is 0 Å². The Labute approximate surface area is 300 Å². The van der Waals surface area contributed by atoms with Crippen molar-refractivity contribution >= 4 is 35.0 Å². The first kappa shape index (κ1) is 33.9. The Bertz CT molecular complexity index is 2140. The van der Waals surface area contributed by atoms with Gasteiger partial charge in [-0.25, -0.2) is 9.48 Å². The number of rotatable bonds is 8. The predicted octanol–water partition coefficient (Wildman–Crippen LogP) is 6.35. The fourth-order valence-electron chi connectivity index (χ4n) is 6.49. The van der Waals surface area contributed by atoms with Crippen molar-refractivity contribution in [3.05, 3.63) is 88.3 Å². The quantitative estimate of drug-likeness (QED) is 0.169. The fraction of sp³-hybridized carbons (Fsp3) is 0.324. The van der Waals surface area contributed by atoms with Crippen LogP contribution in [0.4, 0.5) is 16.3 Å². The third-order valence-electron chi connectivity index (χ3n) is 9.19. The van der Waals surface area contributed by atoms with Gasteiger partial charge in [0.25, 0.3) is 5.91 Å². The number of nitrogens with one attached hydrogen (secondary N) is 2. The molecule has 1 aliphatic heterocycles. The van der Waals surface area contributed by atoms with Crippen molar-refractivity contribution in [1.29, 1.82) is 0 Å². The number of phenolic OH excluding ortho intramolecular Hbond substituents is 1. The highest BCUT2D eigenvalue weighted by Gasteiger charge is 2.28. The highest BCUT2D eigenvalue weighted by atomic mass is 35.5. The molecule has 0 atom stereocenters. The normalized spacial score (nSPS) is 13.8. The fourth-order valence-corrected chi connectivity index (χ4v) is 6.66. The molecule has 0 bridgehead atoms. The van der Waals surface area contributed by atoms with E-state index in [1.54, 1.807) is 34.9 Å². The lowest BCUT2D eigenvalue weighted by atomic mass is 9.92. The van der Waals surface area contributed by atoms with E-state index in [0.717, 1.165) is 41.6 Å². The van der Waals surface area contributed by atoms with Gasteiger partial charge in [-0.2, -0.15) is 5.10 Å². The third-order valence-corrected chi connectivity index (χ3v) is 9.49. The predicted molar refractivity (Wildman–Crippen MR) is 193 cm³/mol. The van der Waals surface area contributed by atoms with Gasteiger partial charge < -0.3 is 29.4 Å². The Hall–Kier alpha value is -5.56. The second-order valence-electron chi connectivity index (χ2n) is 13.6. The molecule has 5 aromatic rings. The molecular formula is C37H39ClN8O5. The van der Waals surface area contributed by atoms with Crippen LogP contribution in [0.25, 0.3) is 17.1 Å². The summed E-state index contributed by atoms with van der Waals surface area (Å²) in [6.45, 7) is 7.37. The standard InChI is InChI=1S/C37H39ClN8O5/c1-37(2,3)31-19-32(46(43-31)22-12-14-28(47)26(38)18-22)40-36(49)39-27-13-15-30(24-10-7-9-23(24)27)51-21-34(48)44-16-17-45-33(20-44)41-42-35(45)25-8-5-6-11-29(25)50-4/h5-6,8,11-15,18-19,47H,7,9-10,16-17,20-21H2,1-4H3,(H2,39,40,49). The van der Waals surface area contributed by atoms with Crippen LogP contribution in [0.3, 0.4) is 0 Å². The van der Waals surface area contributed by atoms with Crippen LogP contribution in [0.2, 0.25) is 5.02 Å². The largest absolute Gasteiger partial charge is 0.506 e. The number of urea groups is 1. The summed E-state index contributed by atoms with van der Waals surface area (Å²) < 4.78 is 15.2. The number of fused-ring (bicyclic) bond motifs is 2. The van der Waals surface area contributed by atoms with Gasteiger partial charge >= 0.3 is 6.03 Å². The summed E-state index contributed by atoms with van der Waals surface area (Å²) in [5.74, 6) is 3.03. The lowest BCUT2D eigenvalue weighted by molar-refractivity contribution is -0.134. The average Bonchev–Trinajstić information content (AvgIpc) is 3.88. The molecule has 3 heterocycles. The number of carbonyl (C=O) groups is 2. The van der Waals surface area contributed by atoms with Crippen LogP contribution in [-0.4, -0.2) is 66.8 Å². The van der Waals surface area contributed by atoms with E-state index in [1.165, 1.54) is 6.07 Å². The van der Waals surface area contributed by atoms with Crippen molar-refractivity contribution < 1.29 is 24.2 Å². The van der Waals surface area contributed by atoms with E-state index in [1.807, 2.05) is 61.7 Å². The molecule has 7 rings (SSSR count). The zero-order valence-corrected chi connectivity index (χ0v) is 29.6. The number of hydrogen-bond acceptors (Lipinski definition) is 8. The molecule has 0 saturated carbocycles. The molecule has 0 unspecified atom stereocenters. The van der Waals surface area contributed by atoms with Crippen molar-refractivity contribution in [3.8, 4) is 34.3 Å². The molecule has 0 radical (unpaired) electrons. The van der Waals surface area contributed by atoms with E-state index in [2.05, 4.69) is 20.8 Å². The topological polar surface area (TPSA) is 149 Å². The second-order valence-corrected chi connectivity index (χ2v) is 14.0. The van der Waals surface area contributed by atoms with E-state index < -0.39 is 6.03 Å². The molecule has 0 fully saturated rings. The maximum atomic E-state index is 13.4. The molecule has 0 spiro atoms. The number of anilines is 2. The van der Waals surface area contributed by atoms with Gasteiger partial charge in [0, 0.05) is 30.3 Å². The van der Waals surface area contributed by atoms with E-state index in [4.69, 9.17) is 26.2 Å². The van der Waals surface area contributed by atoms with Gasteiger partial charge in [0.2, 0.25) is 0 Å². The molecule has 1 aliphatic carbocycles. The van der Waals surface area contributed by atoms with E-state index in [0.29, 0.717) is 60.0 Å². The molecule has 2 aliphatic rings. The molecular weight excluding hydrogens is 672 g/mol. The minimum Gasteiger partial charge on any atom is -0.506 e. The van der Waals surface area contributed by atoms with Crippen LogP contribution in [0.15, 0.2) is 60.7 Å². The average molecular weight is 711 g/mol. The number of hydrogen-bond donors (Lipinski definition) is 3. The van der Waals surface area contributed by atoms with Gasteiger partial charge in [0.05, 0.1) is 35.6 Å². The van der Waals surface area contributed by atoms with E-state index in [9.17, 15) is 14.7 Å². The summed E-state index contributed by atoms with van der Waals surface area (Å²) in [6.07, 6.45) is 2.45. The first-order chi connectivity index (χ1) is 24.5. The Morgan fingerprint density at radius 1 is 0.961 bits per heavy atom. The molecule has 3 N–H and O–H groups in total. The summed E-state index contributed by atoms with van der Waals surface area (Å²) in [6, 6.07) is 17.4. The maximum absolute atomic E-state index is 13.4. The van der Waals surface area contributed by atoms with Crippen molar-refractivity contribution in [2.75, 3.05) is 30.9 Å². The van der Waals surface area contributed by atoms with Crippen LogP contribution in [-0.2, 0) is 36.1 Å². The number of ether oxygens (including phenoxy) is 2. The second kappa shape index (κ2) is 13.6. The number of benzene rings is 3. The number of methoxy groups -OCH3 is 1. The summed E-state index contributed by atoms with van der Waals surface area (Å²) >= 11 is 6.19. The van der Waals surface area contributed by atoms with Crippen molar-refractivity contribution in [1.82, 2.24) is 29.4 Å². The summed E-state index contributed by atoms with van der Waals surface area (Å²) in [5, 5.41) is 29.5. The van der Waals surface area contributed by atoms with Crippen LogP contribution in [0, 0.1) is 0 Å². The first-order valence-electron chi connectivity index (χ1n) is 16.8. The minimum absolute atomic E-state index is 0.0437. The number of halogens is 1. The van der Waals surface area contributed by atoms with Crippen LogP contribution >= 0.6 is 11.6 Å². The summed E-state index contributed by atoms with van der Waals surface area (Å²) in [5.41, 5.74) is 4.57. The van der Waals surface area contributed by atoms with Crippen LogP contribution in [0.1, 0.15) is 49.8 Å². The lowest BCUT2D eigenvalue weighted by Crippen LogP contribution is -2.41. The first-order valence-corrected chi connectivity index (χ1v) is 17.2. The third kappa shape index (κ3) is 6.81. The molecule has 3 amide bonds. The van der Waals surface area contributed by atoms with E-state index in [-0.39, 0.29) is 28.7 Å². The molecule has 0 saturated heterocycles.